The van der Waals surface area contributed by atoms with E-state index in [9.17, 15) is 8.78 Å². The molecule has 0 saturated carbocycles. The molecule has 1 radical (unpaired) electrons. The molecule has 3 aromatic rings. The van der Waals surface area contributed by atoms with Crippen LogP contribution in [0.1, 0.15) is 0 Å². The molecule has 0 bridgehead atoms. The summed E-state index contributed by atoms with van der Waals surface area (Å²) in [4.78, 5) is 2.77. The van der Waals surface area contributed by atoms with Gasteiger partial charge >= 0.3 is 6.61 Å². The highest BCUT2D eigenvalue weighted by molar-refractivity contribution is 5.65. The Morgan fingerprint density at radius 3 is 3.00 bits per heavy atom. The Morgan fingerprint density at radius 2 is 2.22 bits per heavy atom. The molecular weight excluding hydrogens is 242 g/mol. The van der Waals surface area contributed by atoms with Crippen molar-refractivity contribution >= 4 is 5.65 Å². The maximum Gasteiger partial charge on any atom is 0.387 e. The Morgan fingerprint density at radius 1 is 1.33 bits per heavy atom. The number of rotatable bonds is 3. The van der Waals surface area contributed by atoms with E-state index in [0.717, 1.165) is 0 Å². The summed E-state index contributed by atoms with van der Waals surface area (Å²) in [7, 11) is 0. The molecule has 0 saturated heterocycles. The number of ether oxygens (including phenoxy) is 1. The van der Waals surface area contributed by atoms with E-state index in [2.05, 4.69) is 26.2 Å². The van der Waals surface area contributed by atoms with Crippen molar-refractivity contribution in [2.45, 2.75) is 6.61 Å². The van der Waals surface area contributed by atoms with Crippen LogP contribution in [0.2, 0.25) is 0 Å². The summed E-state index contributed by atoms with van der Waals surface area (Å²) in [6.45, 7) is -2.84. The van der Waals surface area contributed by atoms with Crippen molar-refractivity contribution in [3.05, 3.63) is 36.7 Å². The SMILES string of the molecule is FC(F)Oc1cccc(-c2cc3[nH][c]nn3n2)c1. The molecule has 1 aromatic carbocycles. The van der Waals surface area contributed by atoms with Crippen molar-refractivity contribution in [2.24, 2.45) is 0 Å². The molecule has 3 rings (SSSR count). The van der Waals surface area contributed by atoms with Gasteiger partial charge in [0.1, 0.15) is 5.75 Å². The number of hydrogen-bond acceptors (Lipinski definition) is 3. The summed E-state index contributed by atoms with van der Waals surface area (Å²) in [6.07, 6.45) is 2.54. The van der Waals surface area contributed by atoms with Crippen LogP contribution in [-0.2, 0) is 0 Å². The van der Waals surface area contributed by atoms with Crippen molar-refractivity contribution in [1.82, 2.24) is 19.8 Å². The number of benzene rings is 1. The Labute approximate surface area is 100 Å². The number of alkyl halides is 2. The van der Waals surface area contributed by atoms with Crippen LogP contribution in [0.15, 0.2) is 30.3 Å². The topological polar surface area (TPSA) is 55.2 Å². The van der Waals surface area contributed by atoms with Crippen molar-refractivity contribution in [2.75, 3.05) is 0 Å². The average Bonchev–Trinajstić information content (AvgIpc) is 2.88. The lowest BCUT2D eigenvalue weighted by Gasteiger charge is -2.04. The van der Waals surface area contributed by atoms with E-state index in [1.54, 1.807) is 18.2 Å². The summed E-state index contributed by atoms with van der Waals surface area (Å²) >= 11 is 0. The largest absolute Gasteiger partial charge is 0.435 e. The summed E-state index contributed by atoms with van der Waals surface area (Å²) in [5, 5.41) is 7.97. The van der Waals surface area contributed by atoms with Gasteiger partial charge in [0.05, 0.1) is 5.69 Å². The Hall–Kier alpha value is -2.44. The summed E-state index contributed by atoms with van der Waals surface area (Å²) in [5.74, 6) is 0.0960. The lowest BCUT2D eigenvalue weighted by atomic mass is 10.1. The standard InChI is InChI=1S/C11H7F2N4O/c12-11(13)18-8-3-1-2-7(4-8)9-5-10-14-6-15-17(10)16-9/h1-5,11H,(H,14,15). The van der Waals surface area contributed by atoms with E-state index in [1.165, 1.54) is 16.8 Å². The summed E-state index contributed by atoms with van der Waals surface area (Å²) in [6, 6.07) is 8.08. The minimum atomic E-state index is -2.84. The fourth-order valence-corrected chi connectivity index (χ4v) is 1.64. The fourth-order valence-electron chi connectivity index (χ4n) is 1.64. The first kappa shape index (κ1) is 10.7. The molecule has 0 aliphatic rings. The average molecular weight is 249 g/mol. The van der Waals surface area contributed by atoms with Crippen LogP contribution in [0.4, 0.5) is 8.78 Å². The molecular formula is C11H7F2N4O. The van der Waals surface area contributed by atoms with Gasteiger partial charge in [0.2, 0.25) is 0 Å². The van der Waals surface area contributed by atoms with Crippen molar-refractivity contribution in [3.8, 4) is 17.0 Å². The zero-order valence-electron chi connectivity index (χ0n) is 8.97. The number of halogens is 2. The molecule has 0 aliphatic heterocycles. The van der Waals surface area contributed by atoms with Gasteiger partial charge < -0.3 is 9.72 Å². The zero-order valence-corrected chi connectivity index (χ0v) is 8.97. The molecule has 0 fully saturated rings. The van der Waals surface area contributed by atoms with Crippen molar-refractivity contribution < 1.29 is 13.5 Å². The van der Waals surface area contributed by atoms with Gasteiger partial charge in [-0.25, -0.2) is 0 Å². The highest BCUT2D eigenvalue weighted by Crippen LogP contribution is 2.24. The number of fused-ring (bicyclic) bond motifs is 1. The Bertz CT molecular complexity index is 648. The maximum atomic E-state index is 12.1. The number of aromatic amines is 1. The van der Waals surface area contributed by atoms with E-state index >= 15 is 0 Å². The second-order valence-electron chi connectivity index (χ2n) is 3.55. The van der Waals surface area contributed by atoms with E-state index < -0.39 is 6.61 Å². The van der Waals surface area contributed by atoms with E-state index in [4.69, 9.17) is 0 Å². The quantitative estimate of drug-likeness (QED) is 0.773. The number of nitrogens with zero attached hydrogens (tertiary/aromatic N) is 3. The molecule has 2 heterocycles. The molecule has 5 nitrogen and oxygen atoms in total. The van der Waals surface area contributed by atoms with Gasteiger partial charge in [-0.15, -0.1) is 14.8 Å². The zero-order chi connectivity index (χ0) is 12.5. The van der Waals surface area contributed by atoms with Crippen LogP contribution < -0.4 is 4.74 Å². The van der Waals surface area contributed by atoms with Gasteiger partial charge in [-0.1, -0.05) is 12.1 Å². The van der Waals surface area contributed by atoms with Gasteiger partial charge in [0, 0.05) is 11.6 Å². The molecule has 7 heteroatoms. The maximum absolute atomic E-state index is 12.1. The Kier molecular flexibility index (Phi) is 2.44. The second-order valence-corrected chi connectivity index (χ2v) is 3.55. The van der Waals surface area contributed by atoms with Gasteiger partial charge in [0.25, 0.3) is 0 Å². The second kappa shape index (κ2) is 4.10. The predicted molar refractivity (Wildman–Crippen MR) is 58.2 cm³/mol. The number of hydrogen-bond donors (Lipinski definition) is 1. The number of nitrogens with one attached hydrogen (secondary N) is 1. The van der Waals surface area contributed by atoms with Crippen molar-refractivity contribution in [1.29, 1.82) is 0 Å². The first-order valence-electron chi connectivity index (χ1n) is 5.10. The van der Waals surface area contributed by atoms with E-state index in [1.807, 2.05) is 0 Å². The van der Waals surface area contributed by atoms with E-state index in [0.29, 0.717) is 16.9 Å². The molecule has 0 amide bonds. The van der Waals surface area contributed by atoms with Crippen LogP contribution in [0.5, 0.6) is 5.75 Å². The lowest BCUT2D eigenvalue weighted by Crippen LogP contribution is -2.01. The number of H-pyrrole nitrogens is 1. The minimum Gasteiger partial charge on any atom is -0.435 e. The van der Waals surface area contributed by atoms with E-state index in [-0.39, 0.29) is 5.75 Å². The van der Waals surface area contributed by atoms with Crippen LogP contribution in [-0.4, -0.2) is 26.4 Å². The normalized spacial score (nSPS) is 11.3. The first-order chi connectivity index (χ1) is 8.72. The highest BCUT2D eigenvalue weighted by Gasteiger charge is 2.09. The van der Waals surface area contributed by atoms with Crippen LogP contribution in [0, 0.1) is 6.33 Å². The third kappa shape index (κ3) is 1.90. The first-order valence-corrected chi connectivity index (χ1v) is 5.10. The predicted octanol–water partition coefficient (Wildman–Crippen LogP) is 2.13. The van der Waals surface area contributed by atoms with Gasteiger partial charge in [-0.05, 0) is 12.1 Å². The summed E-state index contributed by atoms with van der Waals surface area (Å²) < 4.78 is 29.9. The highest BCUT2D eigenvalue weighted by atomic mass is 19.3. The van der Waals surface area contributed by atoms with Crippen molar-refractivity contribution in [3.63, 3.8) is 0 Å². The molecule has 0 atom stereocenters. The van der Waals surface area contributed by atoms with Crippen LogP contribution >= 0.6 is 0 Å². The number of aromatic nitrogens is 4. The third-order valence-electron chi connectivity index (χ3n) is 2.38. The van der Waals surface area contributed by atoms with Gasteiger partial charge in [-0.2, -0.15) is 8.78 Å². The molecule has 0 aliphatic carbocycles. The summed E-state index contributed by atoms with van der Waals surface area (Å²) in [5.41, 5.74) is 1.96. The molecule has 18 heavy (non-hydrogen) atoms. The monoisotopic (exact) mass is 249 g/mol. The van der Waals surface area contributed by atoms with Gasteiger partial charge in [-0.3, -0.25) is 0 Å². The van der Waals surface area contributed by atoms with Gasteiger partial charge in [0.15, 0.2) is 12.0 Å². The molecule has 1 N–H and O–H groups in total. The Balaban J connectivity index is 1.98. The molecule has 2 aromatic heterocycles. The fraction of sp³-hybridized carbons (Fsp3) is 0.0909. The molecule has 0 unspecified atom stereocenters. The van der Waals surface area contributed by atoms with Crippen LogP contribution in [0.3, 0.4) is 0 Å². The third-order valence-corrected chi connectivity index (χ3v) is 2.38. The molecule has 91 valence electrons. The molecule has 0 spiro atoms. The smallest absolute Gasteiger partial charge is 0.387 e. The van der Waals surface area contributed by atoms with Crippen LogP contribution in [0.25, 0.3) is 16.9 Å². The minimum absolute atomic E-state index is 0.0960. The lowest BCUT2D eigenvalue weighted by molar-refractivity contribution is -0.0498.